The zero-order chi connectivity index (χ0) is 10.7. The molecule has 0 atom stereocenters. The molecule has 1 aliphatic heterocycles. The molecular formula is C10H10Cl2N2S. The molecule has 2 N–H and O–H groups in total. The largest absolute Gasteiger partial charge is 0.362 e. The molecule has 0 radical (unpaired) electrons. The van der Waals surface area contributed by atoms with Gasteiger partial charge in [0.1, 0.15) is 5.50 Å². The van der Waals surface area contributed by atoms with Crippen LogP contribution < -0.4 is 10.6 Å². The number of hydrogen-bond acceptors (Lipinski definition) is 3. The van der Waals surface area contributed by atoms with Crippen molar-refractivity contribution in [1.82, 2.24) is 10.6 Å². The van der Waals surface area contributed by atoms with Crippen LogP contribution in [0.4, 0.5) is 0 Å². The van der Waals surface area contributed by atoms with Crippen LogP contribution in [0.1, 0.15) is 5.56 Å². The van der Waals surface area contributed by atoms with E-state index < -0.39 is 0 Å². The first-order valence-electron chi connectivity index (χ1n) is 4.48. The Morgan fingerprint density at radius 1 is 1.20 bits per heavy atom. The molecular weight excluding hydrogens is 251 g/mol. The van der Waals surface area contributed by atoms with E-state index in [-0.39, 0.29) is 5.50 Å². The van der Waals surface area contributed by atoms with Crippen molar-refractivity contribution in [3.8, 4) is 0 Å². The topological polar surface area (TPSA) is 24.1 Å². The fourth-order valence-electron chi connectivity index (χ4n) is 1.23. The standard InChI is InChI=1S/C10H10Cl2N2S/c11-8-2-1-7(9(12)5-8)6-15-10-13-3-4-14-10/h1-5,10,13-14H,6H2. The normalized spacial score (nSPS) is 15.1. The van der Waals surface area contributed by atoms with E-state index in [2.05, 4.69) is 10.6 Å². The molecule has 0 unspecified atom stereocenters. The van der Waals surface area contributed by atoms with Gasteiger partial charge in [-0.25, -0.2) is 0 Å². The first kappa shape index (κ1) is 11.0. The maximum atomic E-state index is 6.06. The number of nitrogens with one attached hydrogen (secondary N) is 2. The molecule has 0 aromatic heterocycles. The molecule has 0 spiro atoms. The van der Waals surface area contributed by atoms with Crippen molar-refractivity contribution in [3.63, 3.8) is 0 Å². The molecule has 0 saturated heterocycles. The second-order valence-corrected chi connectivity index (χ2v) is 5.03. The zero-order valence-electron chi connectivity index (χ0n) is 7.84. The Labute approximate surface area is 103 Å². The van der Waals surface area contributed by atoms with Crippen molar-refractivity contribution >= 4 is 35.0 Å². The van der Waals surface area contributed by atoms with Crippen LogP contribution >= 0.6 is 35.0 Å². The number of hydrogen-bond donors (Lipinski definition) is 2. The van der Waals surface area contributed by atoms with E-state index in [0.29, 0.717) is 5.02 Å². The van der Waals surface area contributed by atoms with E-state index in [1.807, 2.05) is 24.5 Å². The summed E-state index contributed by atoms with van der Waals surface area (Å²) in [5.41, 5.74) is 1.33. The molecule has 15 heavy (non-hydrogen) atoms. The fourth-order valence-corrected chi connectivity index (χ4v) is 2.73. The lowest BCUT2D eigenvalue weighted by molar-refractivity contribution is 0.770. The van der Waals surface area contributed by atoms with Crippen LogP contribution in [0.2, 0.25) is 10.0 Å². The molecule has 2 nitrogen and oxygen atoms in total. The summed E-state index contributed by atoms with van der Waals surface area (Å²) in [5.74, 6) is 0.850. The predicted molar refractivity (Wildman–Crippen MR) is 67.0 cm³/mol. The Bertz CT molecular complexity index is 374. The van der Waals surface area contributed by atoms with Crippen LogP contribution in [0.15, 0.2) is 30.6 Å². The Kier molecular flexibility index (Phi) is 3.67. The number of thioether (sulfide) groups is 1. The highest BCUT2D eigenvalue weighted by Gasteiger charge is 2.09. The molecule has 1 aromatic carbocycles. The molecule has 0 bridgehead atoms. The second-order valence-electron chi connectivity index (χ2n) is 3.09. The van der Waals surface area contributed by atoms with Crippen molar-refractivity contribution < 1.29 is 0 Å². The van der Waals surface area contributed by atoms with Gasteiger partial charge in [0.05, 0.1) is 0 Å². The monoisotopic (exact) mass is 260 g/mol. The number of rotatable bonds is 3. The summed E-state index contributed by atoms with van der Waals surface area (Å²) in [5, 5.41) is 7.72. The molecule has 1 heterocycles. The fraction of sp³-hybridized carbons (Fsp3) is 0.200. The Hall–Kier alpha value is -0.510. The highest BCUT2D eigenvalue weighted by atomic mass is 35.5. The molecule has 1 aliphatic rings. The first-order valence-corrected chi connectivity index (χ1v) is 6.29. The molecule has 0 fully saturated rings. The highest BCUT2D eigenvalue weighted by Crippen LogP contribution is 2.25. The van der Waals surface area contributed by atoms with Gasteiger partial charge in [0, 0.05) is 28.2 Å². The van der Waals surface area contributed by atoms with Crippen LogP contribution in [0.25, 0.3) is 0 Å². The van der Waals surface area contributed by atoms with Crippen LogP contribution in [0.5, 0.6) is 0 Å². The molecule has 0 aliphatic carbocycles. The van der Waals surface area contributed by atoms with Gasteiger partial charge in [-0.05, 0) is 17.7 Å². The van der Waals surface area contributed by atoms with Gasteiger partial charge in [-0.3, -0.25) is 0 Å². The summed E-state index contributed by atoms with van der Waals surface area (Å²) in [6.45, 7) is 0. The van der Waals surface area contributed by atoms with Gasteiger partial charge in [0.25, 0.3) is 0 Å². The van der Waals surface area contributed by atoms with Gasteiger partial charge in [-0.15, -0.1) is 11.8 Å². The summed E-state index contributed by atoms with van der Waals surface area (Å²) < 4.78 is 0. The lowest BCUT2D eigenvalue weighted by Crippen LogP contribution is -2.26. The van der Waals surface area contributed by atoms with E-state index in [1.54, 1.807) is 17.8 Å². The predicted octanol–water partition coefficient (Wildman–Crippen LogP) is 3.17. The van der Waals surface area contributed by atoms with E-state index in [0.717, 1.165) is 16.3 Å². The van der Waals surface area contributed by atoms with Crippen molar-refractivity contribution in [2.24, 2.45) is 0 Å². The molecule has 1 aromatic rings. The summed E-state index contributed by atoms with van der Waals surface area (Å²) >= 11 is 13.6. The molecule has 2 rings (SSSR count). The van der Waals surface area contributed by atoms with Crippen molar-refractivity contribution in [1.29, 1.82) is 0 Å². The Morgan fingerprint density at radius 3 is 2.60 bits per heavy atom. The van der Waals surface area contributed by atoms with E-state index in [9.17, 15) is 0 Å². The minimum atomic E-state index is 0.233. The van der Waals surface area contributed by atoms with Gasteiger partial charge in [-0.1, -0.05) is 29.3 Å². The molecule has 0 amide bonds. The van der Waals surface area contributed by atoms with Crippen LogP contribution in [-0.2, 0) is 5.75 Å². The quantitative estimate of drug-likeness (QED) is 0.873. The van der Waals surface area contributed by atoms with Crippen molar-refractivity contribution in [2.75, 3.05) is 0 Å². The van der Waals surface area contributed by atoms with Gasteiger partial charge < -0.3 is 10.6 Å². The maximum absolute atomic E-state index is 6.06. The van der Waals surface area contributed by atoms with Crippen molar-refractivity contribution in [2.45, 2.75) is 11.3 Å². The lowest BCUT2D eigenvalue weighted by atomic mass is 10.2. The van der Waals surface area contributed by atoms with Crippen LogP contribution in [0.3, 0.4) is 0 Å². The third-order valence-corrected chi connectivity index (χ3v) is 3.67. The average Bonchev–Trinajstić information content (AvgIpc) is 2.69. The summed E-state index contributed by atoms with van der Waals surface area (Å²) in [6, 6.07) is 5.59. The lowest BCUT2D eigenvalue weighted by Gasteiger charge is -2.12. The van der Waals surface area contributed by atoms with Crippen molar-refractivity contribution in [3.05, 3.63) is 46.2 Å². The Balaban J connectivity index is 1.92. The first-order chi connectivity index (χ1) is 7.25. The summed E-state index contributed by atoms with van der Waals surface area (Å²) in [7, 11) is 0. The summed E-state index contributed by atoms with van der Waals surface area (Å²) in [6.07, 6.45) is 3.78. The van der Waals surface area contributed by atoms with E-state index in [1.165, 1.54) is 0 Å². The SMILES string of the molecule is Clc1ccc(CSC2NC=CN2)c(Cl)c1. The van der Waals surface area contributed by atoms with Gasteiger partial charge in [0.15, 0.2) is 0 Å². The van der Waals surface area contributed by atoms with E-state index in [4.69, 9.17) is 23.2 Å². The zero-order valence-corrected chi connectivity index (χ0v) is 10.2. The minimum Gasteiger partial charge on any atom is -0.362 e. The van der Waals surface area contributed by atoms with Gasteiger partial charge in [0.2, 0.25) is 0 Å². The Morgan fingerprint density at radius 2 is 1.93 bits per heavy atom. The number of benzene rings is 1. The number of halogens is 2. The minimum absolute atomic E-state index is 0.233. The summed E-state index contributed by atoms with van der Waals surface area (Å²) in [4.78, 5) is 0. The highest BCUT2D eigenvalue weighted by molar-refractivity contribution is 7.99. The molecule has 5 heteroatoms. The van der Waals surface area contributed by atoms with Crippen LogP contribution in [-0.4, -0.2) is 5.50 Å². The average molecular weight is 261 g/mol. The van der Waals surface area contributed by atoms with E-state index >= 15 is 0 Å². The van der Waals surface area contributed by atoms with Crippen LogP contribution in [0, 0.1) is 0 Å². The molecule has 0 saturated carbocycles. The third-order valence-electron chi connectivity index (χ3n) is 2.00. The smallest absolute Gasteiger partial charge is 0.145 e. The van der Waals surface area contributed by atoms with Gasteiger partial charge in [-0.2, -0.15) is 0 Å². The van der Waals surface area contributed by atoms with Gasteiger partial charge >= 0.3 is 0 Å². The molecule has 80 valence electrons. The third kappa shape index (κ3) is 2.97. The maximum Gasteiger partial charge on any atom is 0.145 e. The second kappa shape index (κ2) is 5.01.